The summed E-state index contributed by atoms with van der Waals surface area (Å²) in [6.45, 7) is 1.87. The van der Waals surface area contributed by atoms with Crippen molar-refractivity contribution in [3.63, 3.8) is 0 Å². The Morgan fingerprint density at radius 3 is 2.91 bits per heavy atom. The molecule has 0 bridgehead atoms. The van der Waals surface area contributed by atoms with Gasteiger partial charge in [0.1, 0.15) is 5.82 Å². The van der Waals surface area contributed by atoms with Gasteiger partial charge in [0.05, 0.1) is 6.21 Å². The number of hydrogen-bond acceptors (Lipinski definition) is 2. The number of nitrogens with zero attached hydrogens (tertiary/aromatic N) is 1. The number of aryl methyl sites for hydroxylation is 1. The highest BCUT2D eigenvalue weighted by Crippen LogP contribution is 2.06. The van der Waals surface area contributed by atoms with E-state index in [1.54, 1.807) is 6.07 Å². The Labute approximate surface area is 64.5 Å². The second-order valence-corrected chi connectivity index (χ2v) is 2.28. The second-order valence-electron chi connectivity index (χ2n) is 2.28. The molecule has 2 N–H and O–H groups in total. The van der Waals surface area contributed by atoms with Crippen molar-refractivity contribution in [2.24, 2.45) is 10.9 Å². The quantitative estimate of drug-likeness (QED) is 0.369. The smallest absolute Gasteiger partial charge is 0.123 e. The van der Waals surface area contributed by atoms with E-state index < -0.39 is 0 Å². The van der Waals surface area contributed by atoms with Crippen LogP contribution in [0.3, 0.4) is 0 Å². The summed E-state index contributed by atoms with van der Waals surface area (Å²) in [5.41, 5.74) is 1.67. The molecule has 3 heteroatoms. The molecule has 58 valence electrons. The largest absolute Gasteiger partial charge is 0.323 e. The van der Waals surface area contributed by atoms with Gasteiger partial charge in [0.2, 0.25) is 0 Å². The molecule has 0 aliphatic rings. The third-order valence-corrected chi connectivity index (χ3v) is 1.45. The monoisotopic (exact) mass is 152 g/mol. The Kier molecular flexibility index (Phi) is 2.21. The number of hydrogen-bond donors (Lipinski definition) is 1. The fourth-order valence-electron chi connectivity index (χ4n) is 0.831. The standard InChI is InChI=1S/C8H9FN2/c1-6-2-3-8(9)4-7(6)5-11-10/h2-5H,10H2,1H3. The van der Waals surface area contributed by atoms with E-state index in [0.29, 0.717) is 5.56 Å². The third-order valence-electron chi connectivity index (χ3n) is 1.45. The number of rotatable bonds is 1. The van der Waals surface area contributed by atoms with Crippen LogP contribution in [0.4, 0.5) is 4.39 Å². The maximum atomic E-state index is 12.6. The fourth-order valence-corrected chi connectivity index (χ4v) is 0.831. The number of halogens is 1. The molecule has 0 spiro atoms. The zero-order valence-corrected chi connectivity index (χ0v) is 6.21. The minimum absolute atomic E-state index is 0.273. The maximum Gasteiger partial charge on any atom is 0.123 e. The first-order valence-electron chi connectivity index (χ1n) is 3.23. The molecular formula is C8H9FN2. The molecule has 1 aromatic carbocycles. The summed E-state index contributed by atoms with van der Waals surface area (Å²) in [7, 11) is 0. The van der Waals surface area contributed by atoms with Gasteiger partial charge < -0.3 is 5.84 Å². The van der Waals surface area contributed by atoms with E-state index in [-0.39, 0.29) is 5.82 Å². The first-order chi connectivity index (χ1) is 5.24. The third kappa shape index (κ3) is 1.77. The van der Waals surface area contributed by atoms with Crippen molar-refractivity contribution in [2.45, 2.75) is 6.92 Å². The van der Waals surface area contributed by atoms with Crippen LogP contribution in [0.5, 0.6) is 0 Å². The van der Waals surface area contributed by atoms with Crippen molar-refractivity contribution in [3.8, 4) is 0 Å². The molecule has 0 amide bonds. The average molecular weight is 152 g/mol. The topological polar surface area (TPSA) is 38.4 Å². The minimum atomic E-state index is -0.273. The Balaban J connectivity index is 3.12. The predicted octanol–water partition coefficient (Wildman–Crippen LogP) is 1.43. The molecule has 0 saturated carbocycles. The molecule has 2 nitrogen and oxygen atoms in total. The van der Waals surface area contributed by atoms with Gasteiger partial charge in [-0.05, 0) is 24.6 Å². The summed E-state index contributed by atoms with van der Waals surface area (Å²) in [6.07, 6.45) is 1.43. The summed E-state index contributed by atoms with van der Waals surface area (Å²) < 4.78 is 12.6. The van der Waals surface area contributed by atoms with Gasteiger partial charge in [-0.15, -0.1) is 0 Å². The first-order valence-corrected chi connectivity index (χ1v) is 3.23. The average Bonchev–Trinajstić information content (AvgIpc) is 1.98. The van der Waals surface area contributed by atoms with Gasteiger partial charge in [-0.2, -0.15) is 5.10 Å². The van der Waals surface area contributed by atoms with Crippen molar-refractivity contribution in [2.75, 3.05) is 0 Å². The van der Waals surface area contributed by atoms with Crippen LogP contribution < -0.4 is 5.84 Å². The Hall–Kier alpha value is -1.38. The first kappa shape index (κ1) is 7.72. The number of benzene rings is 1. The normalized spacial score (nSPS) is 10.7. The molecular weight excluding hydrogens is 143 g/mol. The van der Waals surface area contributed by atoms with E-state index in [4.69, 9.17) is 5.84 Å². The van der Waals surface area contributed by atoms with E-state index in [9.17, 15) is 4.39 Å². The molecule has 0 radical (unpaired) electrons. The lowest BCUT2D eigenvalue weighted by molar-refractivity contribution is 0.627. The van der Waals surface area contributed by atoms with Gasteiger partial charge in [0.25, 0.3) is 0 Å². The van der Waals surface area contributed by atoms with E-state index in [2.05, 4.69) is 5.10 Å². The molecule has 0 aliphatic heterocycles. The highest BCUT2D eigenvalue weighted by Gasteiger charge is 1.95. The highest BCUT2D eigenvalue weighted by molar-refractivity contribution is 5.81. The lowest BCUT2D eigenvalue weighted by Gasteiger charge is -1.97. The van der Waals surface area contributed by atoms with E-state index in [1.165, 1.54) is 18.3 Å². The fraction of sp³-hybridized carbons (Fsp3) is 0.125. The lowest BCUT2D eigenvalue weighted by atomic mass is 10.1. The molecule has 0 unspecified atom stereocenters. The van der Waals surface area contributed by atoms with Crippen molar-refractivity contribution < 1.29 is 4.39 Å². The van der Waals surface area contributed by atoms with Crippen LogP contribution in [-0.4, -0.2) is 6.21 Å². The van der Waals surface area contributed by atoms with Crippen molar-refractivity contribution in [3.05, 3.63) is 35.1 Å². The van der Waals surface area contributed by atoms with Gasteiger partial charge >= 0.3 is 0 Å². The minimum Gasteiger partial charge on any atom is -0.323 e. The molecule has 0 atom stereocenters. The van der Waals surface area contributed by atoms with E-state index >= 15 is 0 Å². The molecule has 1 rings (SSSR count). The van der Waals surface area contributed by atoms with Gasteiger partial charge in [-0.3, -0.25) is 0 Å². The maximum absolute atomic E-state index is 12.6. The molecule has 0 saturated heterocycles. The molecule has 0 aliphatic carbocycles. The van der Waals surface area contributed by atoms with Crippen LogP contribution in [0.15, 0.2) is 23.3 Å². The van der Waals surface area contributed by atoms with Crippen LogP contribution in [0.1, 0.15) is 11.1 Å². The summed E-state index contributed by atoms with van der Waals surface area (Å²) >= 11 is 0. The Morgan fingerprint density at radius 2 is 2.27 bits per heavy atom. The van der Waals surface area contributed by atoms with Crippen molar-refractivity contribution in [1.29, 1.82) is 0 Å². The van der Waals surface area contributed by atoms with Crippen LogP contribution in [-0.2, 0) is 0 Å². The van der Waals surface area contributed by atoms with E-state index in [1.807, 2.05) is 6.92 Å². The van der Waals surface area contributed by atoms with Gasteiger partial charge in [0, 0.05) is 5.56 Å². The van der Waals surface area contributed by atoms with Gasteiger partial charge in [0.15, 0.2) is 0 Å². The van der Waals surface area contributed by atoms with Crippen molar-refractivity contribution >= 4 is 6.21 Å². The molecule has 0 aromatic heterocycles. The summed E-state index contributed by atoms with van der Waals surface area (Å²) in [6, 6.07) is 4.49. The number of hydrazone groups is 1. The van der Waals surface area contributed by atoms with Crippen LogP contribution in [0.25, 0.3) is 0 Å². The van der Waals surface area contributed by atoms with Crippen LogP contribution in [0.2, 0.25) is 0 Å². The summed E-state index contributed by atoms with van der Waals surface area (Å²) in [5.74, 6) is 4.65. The van der Waals surface area contributed by atoms with Gasteiger partial charge in [-0.1, -0.05) is 6.07 Å². The van der Waals surface area contributed by atoms with Gasteiger partial charge in [-0.25, -0.2) is 4.39 Å². The predicted molar refractivity (Wildman–Crippen MR) is 42.9 cm³/mol. The van der Waals surface area contributed by atoms with E-state index in [0.717, 1.165) is 5.56 Å². The summed E-state index contributed by atoms with van der Waals surface area (Å²) in [4.78, 5) is 0. The lowest BCUT2D eigenvalue weighted by Crippen LogP contribution is -1.91. The Bertz CT molecular complexity index is 281. The summed E-state index contributed by atoms with van der Waals surface area (Å²) in [5, 5.41) is 3.32. The molecule has 0 heterocycles. The molecule has 11 heavy (non-hydrogen) atoms. The zero-order chi connectivity index (χ0) is 8.27. The highest BCUT2D eigenvalue weighted by atomic mass is 19.1. The van der Waals surface area contributed by atoms with Crippen LogP contribution in [0, 0.1) is 12.7 Å². The number of nitrogens with two attached hydrogens (primary N) is 1. The molecule has 1 aromatic rings. The van der Waals surface area contributed by atoms with Crippen molar-refractivity contribution in [1.82, 2.24) is 0 Å². The zero-order valence-electron chi connectivity index (χ0n) is 6.21. The van der Waals surface area contributed by atoms with Crippen LogP contribution >= 0.6 is 0 Å². The Morgan fingerprint density at radius 1 is 1.55 bits per heavy atom. The molecule has 0 fully saturated rings. The second kappa shape index (κ2) is 3.14. The SMILES string of the molecule is Cc1ccc(F)cc1C=NN.